The molecule has 0 spiro atoms. The minimum Gasteiger partial charge on any atom is -0.726 e. The number of hydrogen-bond donors (Lipinski definition) is 0. The summed E-state index contributed by atoms with van der Waals surface area (Å²) in [5.74, 6) is 0. The van der Waals surface area contributed by atoms with Crippen molar-refractivity contribution in [3.05, 3.63) is 0 Å². The monoisotopic (exact) mass is 2080 g/mol. The minimum atomic E-state index is -7.21. The van der Waals surface area contributed by atoms with Crippen molar-refractivity contribution in [2.24, 2.45) is 0 Å². The van der Waals surface area contributed by atoms with E-state index in [0.29, 0.717) is 12.8 Å². The van der Waals surface area contributed by atoms with Gasteiger partial charge in [-0.15, -0.1) is 0 Å². The van der Waals surface area contributed by atoms with Gasteiger partial charge in [0.1, 0.15) is 73.2 Å². The predicted octanol–water partition coefficient (Wildman–Crippen LogP) is -52.8. The molecule has 4 fully saturated rings. The molecule has 4 aliphatic heterocycles. The van der Waals surface area contributed by atoms with Crippen LogP contribution in [0.2, 0.25) is 0 Å². The minimum absolute atomic E-state index is 0. The molecule has 0 radical (unpaired) electrons. The van der Waals surface area contributed by atoms with Crippen LogP contribution in [0.15, 0.2) is 0 Å². The Morgan fingerprint density at radius 1 is 0.216 bits per heavy atom. The zero-order valence-electron chi connectivity index (χ0n) is 61.7. The quantitative estimate of drug-likeness (QED) is 0.0237. The summed E-state index contributed by atoms with van der Waals surface area (Å²) in [5.41, 5.74) is 0. The molecule has 4 saturated heterocycles. The molecule has 4 aliphatic rings. The van der Waals surface area contributed by atoms with E-state index in [0.717, 1.165) is 0 Å². The van der Waals surface area contributed by atoms with Crippen LogP contribution in [0.1, 0.15) is 32.6 Å². The summed E-state index contributed by atoms with van der Waals surface area (Å²) in [6.45, 7) is -8.83. The van der Waals surface area contributed by atoms with Crippen LogP contribution < -0.4 is 384 Å². The zero-order chi connectivity index (χ0) is 79.3. The molecule has 60 nitrogen and oxygen atoms in total. The summed E-state index contributed by atoms with van der Waals surface area (Å²) in [7, 11) is -87.9. The SMILES string of the molecule is CCCCCCOC1O[C@H](COS(=O)(=O)[O-])[C@@H](OS(=O)(=O)[O-])[C@H](O[C@@H]2O[C@H](COS(=O)(=O)[O-])[C@@H](OS(=O)(=O)[O-])[C@H](O[C@@H]3O[C@H](COS(=O)(=O)[O-])[C@@H](OS(=O)(=O)[O-])[C@H](O[C@@H]4O[C@H](COS(=O)(=O)[O-])[C@@H](OS(=O)(=O)[O-])[C@H](OS(=O)(=O)[O-])[C@H]4OS(=O)(=O)[O-])[C@H]3OS(=O)(=O)[O-])[C@H]2OS(=O)(=O)[O-])[C@H]1OS(=O)(=O)[O-].[Na+].[Na+].[Na+].[Na+].[Na+].[Na+].[Na+].[Na+].[Na+].[Na+].[Na+].[Na+].[Na+]. The van der Waals surface area contributed by atoms with Gasteiger partial charge in [0, 0.05) is 6.61 Å². The summed E-state index contributed by atoms with van der Waals surface area (Å²) in [4.78, 5) is 0. The largest absolute Gasteiger partial charge is 1.00 e. The fourth-order valence-corrected chi connectivity index (χ4v) is 14.6. The Bertz CT molecular complexity index is 4510. The third-order valence-corrected chi connectivity index (χ3v) is 17.9. The molecule has 0 aromatic carbocycles. The number of rotatable bonds is 42. The average molecular weight is 2080 g/mol. The van der Waals surface area contributed by atoms with Gasteiger partial charge in [-0.2, -0.15) is 0 Å². The maximum atomic E-state index is 12.9. The van der Waals surface area contributed by atoms with Crippen molar-refractivity contribution in [1.82, 2.24) is 0 Å². The topological polar surface area (TPSA) is 937 Å². The van der Waals surface area contributed by atoms with Gasteiger partial charge >= 0.3 is 384 Å². The van der Waals surface area contributed by atoms with E-state index in [1.807, 2.05) is 0 Å². The Morgan fingerprint density at radius 2 is 0.388 bits per heavy atom. The normalized spacial score (nSPS) is 28.3. The van der Waals surface area contributed by atoms with Gasteiger partial charge in [-0.25, -0.2) is 109 Å². The summed E-state index contributed by atoms with van der Waals surface area (Å²) < 4.78 is 572. The van der Waals surface area contributed by atoms with E-state index in [4.69, 9.17) is 37.9 Å². The first-order valence-corrected chi connectivity index (χ1v) is 42.8. The molecule has 0 bridgehead atoms. The molecule has 0 N–H and O–H groups in total. The molecule has 0 saturated carbocycles. The summed E-state index contributed by atoms with van der Waals surface area (Å²) in [6.07, 6.45) is -75.1. The second kappa shape index (κ2) is 61.4. The van der Waals surface area contributed by atoms with Gasteiger partial charge in [-0.3, -0.25) is 54.4 Å². The van der Waals surface area contributed by atoms with E-state index in [1.165, 1.54) is 0 Å². The first kappa shape index (κ1) is 147. The summed E-state index contributed by atoms with van der Waals surface area (Å²) in [6, 6.07) is 0. The van der Waals surface area contributed by atoms with Crippen molar-refractivity contribution < 1.29 is 645 Å². The Labute approximate surface area is 950 Å². The van der Waals surface area contributed by atoms with Crippen molar-refractivity contribution >= 4 is 135 Å². The molecule has 0 amide bonds. The van der Waals surface area contributed by atoms with Gasteiger partial charge in [0.05, 0.1) is 26.4 Å². The molecule has 0 aliphatic carbocycles. The first-order valence-electron chi connectivity index (χ1n) is 25.4. The molecule has 20 atom stereocenters. The predicted molar refractivity (Wildman–Crippen MR) is 273 cm³/mol. The maximum absolute atomic E-state index is 12.9. The van der Waals surface area contributed by atoms with Crippen LogP contribution >= 0.6 is 0 Å². The fraction of sp³-hybridized carbons (Fsp3) is 1.00. The van der Waals surface area contributed by atoms with Crippen LogP contribution in [-0.2, 0) is 227 Å². The van der Waals surface area contributed by atoms with Gasteiger partial charge in [0.2, 0.25) is 135 Å². The second-order valence-corrected chi connectivity index (χ2v) is 32.7. The molecular formula is C30H41Na13O60S13. The Kier molecular flexibility index (Phi) is 78.0. The Balaban J connectivity index is -0.00000108. The van der Waals surface area contributed by atoms with Crippen LogP contribution in [0.25, 0.3) is 0 Å². The molecular weight excluding hydrogens is 2040 g/mol. The molecule has 86 heteroatoms. The van der Waals surface area contributed by atoms with Crippen molar-refractivity contribution in [2.45, 2.75) is 155 Å². The van der Waals surface area contributed by atoms with Crippen LogP contribution in [0.4, 0.5) is 0 Å². The van der Waals surface area contributed by atoms with E-state index in [1.54, 1.807) is 6.92 Å². The van der Waals surface area contributed by atoms with Crippen molar-refractivity contribution in [1.29, 1.82) is 0 Å². The van der Waals surface area contributed by atoms with Crippen molar-refractivity contribution in [3.8, 4) is 0 Å². The third kappa shape index (κ3) is 60.0. The van der Waals surface area contributed by atoms with E-state index < -0.39 is 291 Å². The van der Waals surface area contributed by atoms with Crippen molar-refractivity contribution in [3.63, 3.8) is 0 Å². The van der Waals surface area contributed by atoms with E-state index in [2.05, 4.69) is 54.4 Å². The molecule has 0 aromatic rings. The van der Waals surface area contributed by atoms with Crippen LogP contribution in [0, 0.1) is 0 Å². The van der Waals surface area contributed by atoms with E-state index in [-0.39, 0.29) is 397 Å². The van der Waals surface area contributed by atoms with Crippen LogP contribution in [0.5, 0.6) is 0 Å². The Hall–Kier alpha value is 11.0. The third-order valence-electron chi connectivity index (χ3n) is 12.1. The summed E-state index contributed by atoms with van der Waals surface area (Å²) >= 11 is 0. The molecule has 116 heavy (non-hydrogen) atoms. The van der Waals surface area contributed by atoms with Gasteiger partial charge in [0.15, 0.2) is 49.6 Å². The van der Waals surface area contributed by atoms with Gasteiger partial charge < -0.3 is 97.1 Å². The Morgan fingerprint density at radius 3 is 0.586 bits per heavy atom. The number of ether oxygens (including phenoxy) is 8. The molecule has 612 valence electrons. The second-order valence-electron chi connectivity index (χ2n) is 19.4. The average Bonchev–Trinajstić information content (AvgIpc) is 0.755. The smallest absolute Gasteiger partial charge is 0.726 e. The van der Waals surface area contributed by atoms with Gasteiger partial charge in [-0.1, -0.05) is 26.2 Å². The number of unbranched alkanes of at least 4 members (excludes halogenated alkanes) is 3. The van der Waals surface area contributed by atoms with E-state index >= 15 is 0 Å². The summed E-state index contributed by atoms with van der Waals surface area (Å²) in [5, 5.41) is 0. The maximum Gasteiger partial charge on any atom is 1.00 e. The van der Waals surface area contributed by atoms with Gasteiger partial charge in [-0.05, 0) is 6.42 Å². The molecule has 4 heterocycles. The molecule has 4 rings (SSSR count). The van der Waals surface area contributed by atoms with Crippen LogP contribution in [0.3, 0.4) is 0 Å². The van der Waals surface area contributed by atoms with Crippen LogP contribution in [-0.4, -0.2) is 324 Å². The standard InChI is InChI=1S/C30H54O60S13.13Na/c1-2-3-4-5-6-70-27-23(87-100(58,59)60)19(15(82-95(43,44)45)11(75-27)7-71-91(31,32)33)79-28-24(88-101(61,62)63)20(16(83-96(46,47)48)12(76-28)8-72-92(34,35)36)80-29-25(89-102(64,65)66)21(17(84-97(49,50)51)13(77-29)9-73-93(37,38)39)81-30-26(90-103(67,68)69)22(86-99(55,56)57)18(85-98(52,53)54)14(78-30)10-74-94(40,41)42;;;;;;;;;;;;;/h11-30H,2-10H2,1H3,(H,31,32,33)(H,34,35,36)(H,37,38,39)(H,40,41,42)(H,43,44,45)(H,46,47,48)(H,49,50,51)(H,52,53,54)(H,55,56,57)(H,58,59,60)(H,61,62,63)(H,64,65,66)(H,67,68,69);;;;;;;;;;;;;/q;13*+1/p-13/t11-,12-,13-,14-,15-,16-,17-,18-,19+,20+,21+,22+,23-,24-,25-,26-,27?,28+,29+,30+;;;;;;;;;;;;;/m1............./s1. The molecule has 0 aromatic heterocycles. The van der Waals surface area contributed by atoms with Gasteiger partial charge in [0.25, 0.3) is 0 Å². The molecule has 1 unspecified atom stereocenters. The van der Waals surface area contributed by atoms with Crippen molar-refractivity contribution in [2.75, 3.05) is 33.0 Å². The van der Waals surface area contributed by atoms with E-state index in [9.17, 15) is 169 Å². The zero-order valence-corrected chi connectivity index (χ0v) is 98.3. The number of hydrogen-bond acceptors (Lipinski definition) is 60. The fourth-order valence-electron chi connectivity index (χ4n) is 8.98. The first-order chi connectivity index (χ1) is 46.1.